The van der Waals surface area contributed by atoms with Crippen LogP contribution in [0.25, 0.3) is 0 Å². The van der Waals surface area contributed by atoms with Crippen LogP contribution in [0.2, 0.25) is 0 Å². The molecule has 7 nitrogen and oxygen atoms in total. The number of hydrogen-bond acceptors (Lipinski definition) is 6. The van der Waals surface area contributed by atoms with E-state index in [1.807, 2.05) is 48.0 Å². The van der Waals surface area contributed by atoms with Gasteiger partial charge in [-0.3, -0.25) is 0 Å². The average molecular weight is 397 g/mol. The van der Waals surface area contributed by atoms with Crippen LogP contribution in [0.4, 0.5) is 5.95 Å². The van der Waals surface area contributed by atoms with E-state index in [4.69, 9.17) is 24.7 Å². The van der Waals surface area contributed by atoms with Gasteiger partial charge in [0.15, 0.2) is 17.4 Å². The van der Waals surface area contributed by atoms with E-state index in [0.717, 1.165) is 28.3 Å². The summed E-state index contributed by atoms with van der Waals surface area (Å²) in [5.41, 5.74) is 10.2. The third-order valence-corrected chi connectivity index (χ3v) is 4.96. The molecule has 0 aliphatic rings. The Kier molecular flexibility index (Phi) is 6.16. The second-order valence-corrected chi connectivity index (χ2v) is 6.66. The Morgan fingerprint density at radius 3 is 1.97 bits per heavy atom. The second kappa shape index (κ2) is 8.77. The molecule has 0 atom stereocenters. The minimum Gasteiger partial charge on any atom is -0.497 e. The molecule has 0 radical (unpaired) electrons. The van der Waals surface area contributed by atoms with Crippen molar-refractivity contribution < 1.29 is 18.9 Å². The van der Waals surface area contributed by atoms with Crippen LogP contribution in [0.3, 0.4) is 0 Å². The lowest BCUT2D eigenvalue weighted by atomic mass is 10.0. The first-order valence-corrected chi connectivity index (χ1v) is 9.22. The number of nitrogens with zero attached hydrogens (tertiary/aromatic N) is 2. The molecule has 2 N–H and O–H groups in total. The fourth-order valence-electron chi connectivity index (χ4n) is 3.34. The number of ether oxygens (including phenoxy) is 4. The van der Waals surface area contributed by atoms with Crippen molar-refractivity contribution >= 4 is 5.95 Å². The van der Waals surface area contributed by atoms with E-state index in [1.54, 1.807) is 28.4 Å². The monoisotopic (exact) mass is 397 g/mol. The molecule has 3 aromatic rings. The zero-order chi connectivity index (χ0) is 21.0. The number of nitrogen functional groups attached to an aromatic ring is 1. The third-order valence-electron chi connectivity index (χ3n) is 4.96. The Morgan fingerprint density at radius 1 is 0.828 bits per heavy atom. The SMILES string of the molecule is COc1ccc(Cc2nc(N)n(C)c2Cc2cc(OC)c(OC)c(OC)c2)cc1. The smallest absolute Gasteiger partial charge is 0.203 e. The predicted octanol–water partition coefficient (Wildman–Crippen LogP) is 3.22. The molecular weight excluding hydrogens is 370 g/mol. The predicted molar refractivity (Wildman–Crippen MR) is 112 cm³/mol. The van der Waals surface area contributed by atoms with Crippen molar-refractivity contribution in [3.05, 3.63) is 58.9 Å². The van der Waals surface area contributed by atoms with Gasteiger partial charge in [0.2, 0.25) is 5.75 Å². The van der Waals surface area contributed by atoms with Crippen molar-refractivity contribution in [3.8, 4) is 23.0 Å². The van der Waals surface area contributed by atoms with E-state index in [9.17, 15) is 0 Å². The largest absolute Gasteiger partial charge is 0.497 e. The fraction of sp³-hybridized carbons (Fsp3) is 0.318. The van der Waals surface area contributed by atoms with Crippen molar-refractivity contribution in [2.45, 2.75) is 12.8 Å². The number of imidazole rings is 1. The third kappa shape index (κ3) is 4.23. The van der Waals surface area contributed by atoms with Crippen LogP contribution in [0.1, 0.15) is 22.5 Å². The van der Waals surface area contributed by atoms with Gasteiger partial charge in [-0.25, -0.2) is 4.98 Å². The molecule has 0 bridgehead atoms. The van der Waals surface area contributed by atoms with Gasteiger partial charge in [-0.2, -0.15) is 0 Å². The summed E-state index contributed by atoms with van der Waals surface area (Å²) in [5, 5.41) is 0. The summed E-state index contributed by atoms with van der Waals surface area (Å²) < 4.78 is 23.5. The summed E-state index contributed by atoms with van der Waals surface area (Å²) in [6.07, 6.45) is 1.30. The zero-order valence-electron chi connectivity index (χ0n) is 17.5. The Hall–Kier alpha value is -3.35. The first-order chi connectivity index (χ1) is 14.0. The minimum absolute atomic E-state index is 0.482. The van der Waals surface area contributed by atoms with Crippen LogP contribution in [0.15, 0.2) is 36.4 Å². The summed E-state index contributed by atoms with van der Waals surface area (Å²) in [6.45, 7) is 0. The lowest BCUT2D eigenvalue weighted by Crippen LogP contribution is -2.05. The van der Waals surface area contributed by atoms with Crippen LogP contribution in [0.5, 0.6) is 23.0 Å². The van der Waals surface area contributed by atoms with Crippen molar-refractivity contribution in [2.75, 3.05) is 34.2 Å². The Morgan fingerprint density at radius 2 is 1.45 bits per heavy atom. The number of rotatable bonds is 8. The lowest BCUT2D eigenvalue weighted by molar-refractivity contribution is 0.324. The molecule has 0 saturated carbocycles. The summed E-state index contributed by atoms with van der Waals surface area (Å²) >= 11 is 0. The van der Waals surface area contributed by atoms with Crippen molar-refractivity contribution in [2.24, 2.45) is 7.05 Å². The summed E-state index contributed by atoms with van der Waals surface area (Å²) in [6, 6.07) is 11.9. The van der Waals surface area contributed by atoms with Crippen LogP contribution in [-0.4, -0.2) is 38.0 Å². The minimum atomic E-state index is 0.482. The number of methoxy groups -OCH3 is 4. The second-order valence-electron chi connectivity index (χ2n) is 6.66. The molecule has 1 aromatic heterocycles. The molecule has 0 spiro atoms. The molecule has 0 amide bonds. The summed E-state index contributed by atoms with van der Waals surface area (Å²) in [7, 11) is 8.39. The van der Waals surface area contributed by atoms with Gasteiger partial charge >= 0.3 is 0 Å². The van der Waals surface area contributed by atoms with Crippen LogP contribution in [-0.2, 0) is 19.9 Å². The standard InChI is InChI=1S/C22H27N3O4/c1-25-18(11-15-12-19(27-3)21(29-5)20(13-15)28-4)17(24-22(25)23)10-14-6-8-16(26-2)9-7-14/h6-9,12-13H,10-11H2,1-5H3,(H2,23,24). The maximum Gasteiger partial charge on any atom is 0.203 e. The quantitative estimate of drug-likeness (QED) is 0.629. The topological polar surface area (TPSA) is 80.8 Å². The molecule has 3 rings (SSSR count). The van der Waals surface area contributed by atoms with Gasteiger partial charge in [-0.1, -0.05) is 12.1 Å². The Bertz CT molecular complexity index is 955. The summed E-state index contributed by atoms with van der Waals surface area (Å²) in [5.74, 6) is 3.12. The molecule has 29 heavy (non-hydrogen) atoms. The average Bonchev–Trinajstić information content (AvgIpc) is 3.00. The number of nitrogens with two attached hydrogens (primary N) is 1. The van der Waals surface area contributed by atoms with Gasteiger partial charge in [0.1, 0.15) is 5.75 Å². The van der Waals surface area contributed by atoms with E-state index in [0.29, 0.717) is 36.0 Å². The van der Waals surface area contributed by atoms with Gasteiger partial charge in [0, 0.05) is 25.6 Å². The highest BCUT2D eigenvalue weighted by molar-refractivity contribution is 5.54. The molecule has 0 aliphatic carbocycles. The highest BCUT2D eigenvalue weighted by Gasteiger charge is 2.18. The van der Waals surface area contributed by atoms with Gasteiger partial charge < -0.3 is 29.2 Å². The van der Waals surface area contributed by atoms with E-state index in [2.05, 4.69) is 4.98 Å². The zero-order valence-corrected chi connectivity index (χ0v) is 17.5. The lowest BCUT2D eigenvalue weighted by Gasteiger charge is -2.15. The maximum absolute atomic E-state index is 6.11. The molecule has 0 aliphatic heterocycles. The Balaban J connectivity index is 1.95. The van der Waals surface area contributed by atoms with Crippen molar-refractivity contribution in [3.63, 3.8) is 0 Å². The van der Waals surface area contributed by atoms with Gasteiger partial charge in [-0.15, -0.1) is 0 Å². The van der Waals surface area contributed by atoms with Crippen LogP contribution >= 0.6 is 0 Å². The molecule has 0 unspecified atom stereocenters. The number of benzene rings is 2. The summed E-state index contributed by atoms with van der Waals surface area (Å²) in [4.78, 5) is 4.59. The van der Waals surface area contributed by atoms with Crippen LogP contribution in [0, 0.1) is 0 Å². The number of anilines is 1. The normalized spacial score (nSPS) is 10.7. The Labute approximate surface area is 171 Å². The number of hydrogen-bond donors (Lipinski definition) is 1. The van der Waals surface area contributed by atoms with Gasteiger partial charge in [0.05, 0.1) is 34.1 Å². The molecular formula is C22H27N3O4. The highest BCUT2D eigenvalue weighted by Crippen LogP contribution is 2.39. The molecule has 1 heterocycles. The van der Waals surface area contributed by atoms with Gasteiger partial charge in [0.25, 0.3) is 0 Å². The highest BCUT2D eigenvalue weighted by atomic mass is 16.5. The van der Waals surface area contributed by atoms with Crippen molar-refractivity contribution in [1.82, 2.24) is 9.55 Å². The first-order valence-electron chi connectivity index (χ1n) is 9.22. The van der Waals surface area contributed by atoms with Crippen LogP contribution < -0.4 is 24.7 Å². The van der Waals surface area contributed by atoms with Crippen molar-refractivity contribution in [1.29, 1.82) is 0 Å². The fourth-order valence-corrected chi connectivity index (χ4v) is 3.34. The molecule has 154 valence electrons. The van der Waals surface area contributed by atoms with E-state index < -0.39 is 0 Å². The van der Waals surface area contributed by atoms with E-state index in [1.165, 1.54) is 0 Å². The molecule has 0 fully saturated rings. The number of aromatic nitrogens is 2. The molecule has 0 saturated heterocycles. The van der Waals surface area contributed by atoms with E-state index in [-0.39, 0.29) is 0 Å². The van der Waals surface area contributed by atoms with Gasteiger partial charge in [-0.05, 0) is 35.4 Å². The maximum atomic E-state index is 6.11. The molecule has 7 heteroatoms. The van der Waals surface area contributed by atoms with E-state index >= 15 is 0 Å². The first kappa shape index (κ1) is 20.4. The molecule has 2 aromatic carbocycles.